The van der Waals surface area contributed by atoms with Crippen LogP contribution in [0, 0.1) is 0 Å². The molecule has 0 spiro atoms. The van der Waals surface area contributed by atoms with E-state index < -0.39 is 0 Å². The standard InChI is InChI=1S/C12H20NOP/c1-4-15(5-2)14-12-8-6-11(7-9-12)10-13-3/h6-9,13H,4-5,10H2,1-3H3. The smallest absolute Gasteiger partial charge is 0.123 e. The van der Waals surface area contributed by atoms with Crippen LogP contribution >= 0.6 is 8.15 Å². The Balaban J connectivity index is 2.55. The summed E-state index contributed by atoms with van der Waals surface area (Å²) in [5.41, 5.74) is 1.29. The van der Waals surface area contributed by atoms with E-state index in [0.717, 1.165) is 24.6 Å². The topological polar surface area (TPSA) is 21.3 Å². The van der Waals surface area contributed by atoms with Crippen LogP contribution in [0.2, 0.25) is 0 Å². The average Bonchev–Trinajstić information content (AvgIpc) is 2.28. The molecule has 0 aliphatic rings. The van der Waals surface area contributed by atoms with Crippen molar-refractivity contribution in [2.75, 3.05) is 19.4 Å². The van der Waals surface area contributed by atoms with E-state index in [-0.39, 0.29) is 8.15 Å². The van der Waals surface area contributed by atoms with E-state index in [1.807, 2.05) is 7.05 Å². The van der Waals surface area contributed by atoms with E-state index in [9.17, 15) is 0 Å². The molecule has 1 N–H and O–H groups in total. The second-order valence-corrected chi connectivity index (χ2v) is 5.79. The Bertz CT molecular complexity index is 269. The van der Waals surface area contributed by atoms with Gasteiger partial charge in [-0.1, -0.05) is 26.0 Å². The molecule has 0 aliphatic heterocycles. The zero-order valence-electron chi connectivity index (χ0n) is 9.79. The first-order valence-corrected chi connectivity index (χ1v) is 7.09. The molecule has 15 heavy (non-hydrogen) atoms. The van der Waals surface area contributed by atoms with Gasteiger partial charge < -0.3 is 9.84 Å². The summed E-state index contributed by atoms with van der Waals surface area (Å²) in [7, 11) is 1.69. The van der Waals surface area contributed by atoms with Gasteiger partial charge in [-0.15, -0.1) is 0 Å². The van der Waals surface area contributed by atoms with Gasteiger partial charge in [-0.3, -0.25) is 0 Å². The number of hydrogen-bond donors (Lipinski definition) is 1. The normalized spacial score (nSPS) is 10.7. The molecule has 1 rings (SSSR count). The van der Waals surface area contributed by atoms with Crippen molar-refractivity contribution in [1.29, 1.82) is 0 Å². The van der Waals surface area contributed by atoms with Crippen molar-refractivity contribution in [3.8, 4) is 5.75 Å². The summed E-state index contributed by atoms with van der Waals surface area (Å²) in [5.74, 6) is 1.00. The summed E-state index contributed by atoms with van der Waals surface area (Å²) in [4.78, 5) is 0. The highest BCUT2D eigenvalue weighted by atomic mass is 31.1. The molecule has 3 heteroatoms. The van der Waals surface area contributed by atoms with Crippen molar-refractivity contribution in [1.82, 2.24) is 5.32 Å². The highest BCUT2D eigenvalue weighted by Gasteiger charge is 2.04. The third-order valence-electron chi connectivity index (χ3n) is 2.24. The lowest BCUT2D eigenvalue weighted by atomic mass is 10.2. The first-order valence-electron chi connectivity index (χ1n) is 5.46. The summed E-state index contributed by atoms with van der Waals surface area (Å²) >= 11 is 0. The van der Waals surface area contributed by atoms with Crippen molar-refractivity contribution < 1.29 is 4.52 Å². The van der Waals surface area contributed by atoms with Crippen molar-refractivity contribution in [3.05, 3.63) is 29.8 Å². The van der Waals surface area contributed by atoms with Crippen molar-refractivity contribution in [2.24, 2.45) is 0 Å². The lowest BCUT2D eigenvalue weighted by molar-refractivity contribution is 0.613. The van der Waals surface area contributed by atoms with Crippen molar-refractivity contribution in [3.63, 3.8) is 0 Å². The zero-order valence-corrected chi connectivity index (χ0v) is 10.7. The van der Waals surface area contributed by atoms with Crippen LogP contribution in [0.15, 0.2) is 24.3 Å². The minimum atomic E-state index is -0.266. The van der Waals surface area contributed by atoms with Gasteiger partial charge in [-0.2, -0.15) is 0 Å². The first-order chi connectivity index (χ1) is 7.30. The molecule has 0 amide bonds. The quantitative estimate of drug-likeness (QED) is 0.750. The summed E-state index contributed by atoms with van der Waals surface area (Å²) in [6, 6.07) is 8.36. The van der Waals surface area contributed by atoms with Gasteiger partial charge in [0.25, 0.3) is 0 Å². The number of benzene rings is 1. The zero-order chi connectivity index (χ0) is 11.1. The Labute approximate surface area is 93.9 Å². The maximum atomic E-state index is 5.89. The molecule has 84 valence electrons. The van der Waals surface area contributed by atoms with Crippen LogP contribution in [0.25, 0.3) is 0 Å². The van der Waals surface area contributed by atoms with E-state index >= 15 is 0 Å². The van der Waals surface area contributed by atoms with Gasteiger partial charge in [0.05, 0.1) is 8.15 Å². The Morgan fingerprint density at radius 2 is 1.73 bits per heavy atom. The van der Waals surface area contributed by atoms with Gasteiger partial charge in [-0.25, -0.2) is 0 Å². The maximum absolute atomic E-state index is 5.89. The highest BCUT2D eigenvalue weighted by Crippen LogP contribution is 2.36. The van der Waals surface area contributed by atoms with Crippen LogP contribution in [0.1, 0.15) is 19.4 Å². The molecule has 0 unspecified atom stereocenters. The van der Waals surface area contributed by atoms with Crippen LogP contribution in [0.3, 0.4) is 0 Å². The van der Waals surface area contributed by atoms with Crippen LogP contribution < -0.4 is 9.84 Å². The number of hydrogen-bond acceptors (Lipinski definition) is 2. The lowest BCUT2D eigenvalue weighted by Crippen LogP contribution is -2.04. The number of rotatable bonds is 6. The first kappa shape index (κ1) is 12.5. The van der Waals surface area contributed by atoms with Crippen LogP contribution in [0.5, 0.6) is 5.75 Å². The Kier molecular flexibility index (Phi) is 5.67. The van der Waals surface area contributed by atoms with Gasteiger partial charge in [-0.05, 0) is 24.7 Å². The minimum Gasteiger partial charge on any atom is -0.474 e. The van der Waals surface area contributed by atoms with E-state index in [2.05, 4.69) is 43.4 Å². The molecular formula is C12H20NOP. The predicted octanol–water partition coefficient (Wildman–Crippen LogP) is 3.22. The molecule has 0 bridgehead atoms. The Morgan fingerprint density at radius 1 is 1.13 bits per heavy atom. The molecule has 0 heterocycles. The number of nitrogens with one attached hydrogen (secondary N) is 1. The summed E-state index contributed by atoms with van der Waals surface area (Å²) in [5, 5.41) is 3.13. The SMILES string of the molecule is CCP(CC)Oc1ccc(CNC)cc1. The average molecular weight is 225 g/mol. The molecule has 1 aromatic rings. The molecular weight excluding hydrogens is 205 g/mol. The third kappa shape index (κ3) is 4.19. The van der Waals surface area contributed by atoms with Gasteiger partial charge in [0, 0.05) is 18.9 Å². The van der Waals surface area contributed by atoms with Gasteiger partial charge >= 0.3 is 0 Å². The van der Waals surface area contributed by atoms with Crippen LogP contribution in [-0.2, 0) is 6.54 Å². The van der Waals surface area contributed by atoms with Crippen molar-refractivity contribution >= 4 is 8.15 Å². The van der Waals surface area contributed by atoms with Crippen molar-refractivity contribution in [2.45, 2.75) is 20.4 Å². The molecule has 1 aromatic carbocycles. The van der Waals surface area contributed by atoms with E-state index in [4.69, 9.17) is 4.52 Å². The Hall–Kier alpha value is -0.590. The van der Waals surface area contributed by atoms with Gasteiger partial charge in [0.2, 0.25) is 0 Å². The third-order valence-corrected chi connectivity index (χ3v) is 4.12. The molecule has 0 fully saturated rings. The van der Waals surface area contributed by atoms with Gasteiger partial charge in [0.1, 0.15) is 5.75 Å². The fraction of sp³-hybridized carbons (Fsp3) is 0.500. The molecule has 0 saturated carbocycles. The van der Waals surface area contributed by atoms with E-state index in [0.29, 0.717) is 0 Å². The fourth-order valence-electron chi connectivity index (χ4n) is 1.37. The predicted molar refractivity (Wildman–Crippen MR) is 67.8 cm³/mol. The largest absolute Gasteiger partial charge is 0.474 e. The van der Waals surface area contributed by atoms with E-state index in [1.165, 1.54) is 5.56 Å². The molecule has 0 radical (unpaired) electrons. The second kappa shape index (κ2) is 6.81. The monoisotopic (exact) mass is 225 g/mol. The molecule has 2 nitrogen and oxygen atoms in total. The minimum absolute atomic E-state index is 0.266. The summed E-state index contributed by atoms with van der Waals surface area (Å²) in [6.07, 6.45) is 2.26. The highest BCUT2D eigenvalue weighted by molar-refractivity contribution is 7.52. The summed E-state index contributed by atoms with van der Waals surface area (Å²) < 4.78 is 5.89. The fourth-order valence-corrected chi connectivity index (χ4v) is 2.50. The maximum Gasteiger partial charge on any atom is 0.123 e. The Morgan fingerprint density at radius 3 is 2.20 bits per heavy atom. The molecule has 0 aliphatic carbocycles. The van der Waals surface area contributed by atoms with Gasteiger partial charge in [0.15, 0.2) is 0 Å². The lowest BCUT2D eigenvalue weighted by Gasteiger charge is -2.15. The van der Waals surface area contributed by atoms with Crippen LogP contribution in [-0.4, -0.2) is 19.4 Å². The molecule has 0 atom stereocenters. The van der Waals surface area contributed by atoms with E-state index in [1.54, 1.807) is 0 Å². The molecule has 0 aromatic heterocycles. The summed E-state index contributed by atoms with van der Waals surface area (Å²) in [6.45, 7) is 5.28. The molecule has 0 saturated heterocycles. The second-order valence-electron chi connectivity index (χ2n) is 3.38. The van der Waals surface area contributed by atoms with Crippen LogP contribution in [0.4, 0.5) is 0 Å².